The fourth-order valence-corrected chi connectivity index (χ4v) is 2.59. The van der Waals surface area contributed by atoms with Gasteiger partial charge in [-0.1, -0.05) is 19.3 Å². The van der Waals surface area contributed by atoms with Crippen molar-refractivity contribution in [3.8, 4) is 0 Å². The van der Waals surface area contributed by atoms with Gasteiger partial charge in [0.2, 0.25) is 0 Å². The number of carbonyl (C=O) groups excluding carboxylic acids is 1. The summed E-state index contributed by atoms with van der Waals surface area (Å²) in [7, 11) is 1.65. The second kappa shape index (κ2) is 6.45. The van der Waals surface area contributed by atoms with E-state index in [1.165, 1.54) is 32.1 Å². The molecule has 4 nitrogen and oxygen atoms in total. The number of nitrogens with one attached hydrogen (secondary N) is 1. The summed E-state index contributed by atoms with van der Waals surface area (Å²) in [5.41, 5.74) is 8.51. The predicted molar refractivity (Wildman–Crippen MR) is 79.5 cm³/mol. The Labute approximate surface area is 115 Å². The van der Waals surface area contributed by atoms with E-state index in [-0.39, 0.29) is 5.91 Å². The molecule has 1 saturated heterocycles. The molecule has 0 atom stereocenters. The Morgan fingerprint density at radius 3 is 2.42 bits per heavy atom. The Morgan fingerprint density at radius 1 is 1.16 bits per heavy atom. The minimum absolute atomic E-state index is 0.0618. The first-order valence-corrected chi connectivity index (χ1v) is 7.09. The maximum Gasteiger partial charge on any atom is 0.251 e. The molecular weight excluding hydrogens is 238 g/mol. The van der Waals surface area contributed by atoms with Gasteiger partial charge in [-0.3, -0.25) is 4.79 Å². The Balaban J connectivity index is 2.23. The zero-order chi connectivity index (χ0) is 13.7. The van der Waals surface area contributed by atoms with Gasteiger partial charge in [-0.15, -0.1) is 0 Å². The molecule has 1 aliphatic heterocycles. The van der Waals surface area contributed by atoms with Crippen LogP contribution in [0.3, 0.4) is 0 Å². The van der Waals surface area contributed by atoms with Crippen LogP contribution in [0.15, 0.2) is 18.2 Å². The van der Waals surface area contributed by atoms with Crippen LogP contribution in [0, 0.1) is 0 Å². The SMILES string of the molecule is CNC(=O)c1ccc(N)c(N2CCCCCCC2)c1. The molecule has 1 aromatic carbocycles. The lowest BCUT2D eigenvalue weighted by Gasteiger charge is -2.28. The fraction of sp³-hybridized carbons (Fsp3) is 0.533. The first-order chi connectivity index (χ1) is 9.22. The highest BCUT2D eigenvalue weighted by Crippen LogP contribution is 2.26. The Morgan fingerprint density at radius 2 is 1.79 bits per heavy atom. The summed E-state index contributed by atoms with van der Waals surface area (Å²) in [5.74, 6) is -0.0618. The number of nitrogens with two attached hydrogens (primary N) is 1. The maximum atomic E-state index is 11.7. The van der Waals surface area contributed by atoms with Crippen LogP contribution in [-0.4, -0.2) is 26.0 Å². The van der Waals surface area contributed by atoms with E-state index in [2.05, 4.69) is 10.2 Å². The summed E-state index contributed by atoms with van der Waals surface area (Å²) in [6.07, 6.45) is 6.30. The number of amides is 1. The lowest BCUT2D eigenvalue weighted by Crippen LogP contribution is -2.28. The second-order valence-corrected chi connectivity index (χ2v) is 5.11. The number of benzene rings is 1. The summed E-state index contributed by atoms with van der Waals surface area (Å²) in [4.78, 5) is 14.0. The van der Waals surface area contributed by atoms with E-state index in [0.717, 1.165) is 24.5 Å². The molecule has 19 heavy (non-hydrogen) atoms. The number of carbonyl (C=O) groups is 1. The van der Waals surface area contributed by atoms with E-state index in [4.69, 9.17) is 5.73 Å². The highest BCUT2D eigenvalue weighted by atomic mass is 16.1. The van der Waals surface area contributed by atoms with Crippen LogP contribution < -0.4 is 16.0 Å². The van der Waals surface area contributed by atoms with Crippen molar-refractivity contribution in [1.29, 1.82) is 0 Å². The van der Waals surface area contributed by atoms with Crippen molar-refractivity contribution >= 4 is 17.3 Å². The van der Waals surface area contributed by atoms with Gasteiger partial charge in [0.15, 0.2) is 0 Å². The van der Waals surface area contributed by atoms with Crippen LogP contribution in [0.25, 0.3) is 0 Å². The zero-order valence-electron chi connectivity index (χ0n) is 11.6. The molecule has 0 spiro atoms. The zero-order valence-corrected chi connectivity index (χ0v) is 11.6. The van der Waals surface area contributed by atoms with Crippen molar-refractivity contribution in [3.05, 3.63) is 23.8 Å². The first-order valence-electron chi connectivity index (χ1n) is 7.09. The largest absolute Gasteiger partial charge is 0.397 e. The standard InChI is InChI=1S/C15H23N3O/c1-17-15(19)12-7-8-13(16)14(11-12)18-9-5-3-2-4-6-10-18/h7-8,11H,2-6,9-10,16H2,1H3,(H,17,19). The molecular formula is C15H23N3O. The fourth-order valence-electron chi connectivity index (χ4n) is 2.59. The van der Waals surface area contributed by atoms with E-state index >= 15 is 0 Å². The van der Waals surface area contributed by atoms with Crippen LogP contribution in [0.5, 0.6) is 0 Å². The highest BCUT2D eigenvalue weighted by Gasteiger charge is 2.14. The van der Waals surface area contributed by atoms with Gasteiger partial charge in [0.1, 0.15) is 0 Å². The third-order valence-electron chi connectivity index (χ3n) is 3.72. The molecule has 1 amide bonds. The molecule has 0 saturated carbocycles. The maximum absolute atomic E-state index is 11.7. The van der Waals surface area contributed by atoms with Crippen molar-refractivity contribution in [2.75, 3.05) is 30.8 Å². The molecule has 1 aliphatic rings. The molecule has 1 heterocycles. The van der Waals surface area contributed by atoms with Crippen LogP contribution >= 0.6 is 0 Å². The number of anilines is 2. The monoisotopic (exact) mass is 261 g/mol. The third-order valence-corrected chi connectivity index (χ3v) is 3.72. The molecule has 104 valence electrons. The quantitative estimate of drug-likeness (QED) is 0.804. The van der Waals surface area contributed by atoms with E-state index in [1.807, 2.05) is 12.1 Å². The van der Waals surface area contributed by atoms with Gasteiger partial charge in [-0.05, 0) is 31.0 Å². The highest BCUT2D eigenvalue weighted by molar-refractivity contribution is 5.96. The van der Waals surface area contributed by atoms with Crippen molar-refractivity contribution in [2.45, 2.75) is 32.1 Å². The Kier molecular flexibility index (Phi) is 4.66. The summed E-state index contributed by atoms with van der Waals surface area (Å²) < 4.78 is 0. The summed E-state index contributed by atoms with van der Waals surface area (Å²) >= 11 is 0. The number of hydrogen-bond acceptors (Lipinski definition) is 3. The van der Waals surface area contributed by atoms with Crippen LogP contribution in [0.4, 0.5) is 11.4 Å². The van der Waals surface area contributed by atoms with Gasteiger partial charge in [-0.2, -0.15) is 0 Å². The molecule has 0 aromatic heterocycles. The van der Waals surface area contributed by atoms with E-state index < -0.39 is 0 Å². The summed E-state index contributed by atoms with van der Waals surface area (Å²) in [6.45, 7) is 2.06. The van der Waals surface area contributed by atoms with Gasteiger partial charge in [0.05, 0.1) is 11.4 Å². The predicted octanol–water partition coefficient (Wildman–Crippen LogP) is 2.40. The topological polar surface area (TPSA) is 58.4 Å². The van der Waals surface area contributed by atoms with Gasteiger partial charge in [-0.25, -0.2) is 0 Å². The lowest BCUT2D eigenvalue weighted by molar-refractivity contribution is 0.0963. The summed E-state index contributed by atoms with van der Waals surface area (Å²) in [6, 6.07) is 5.52. The average Bonchev–Trinajstić information content (AvgIpc) is 2.39. The number of nitrogens with zero attached hydrogens (tertiary/aromatic N) is 1. The van der Waals surface area contributed by atoms with Gasteiger partial charge < -0.3 is 16.0 Å². The molecule has 0 radical (unpaired) electrons. The van der Waals surface area contributed by atoms with Crippen LogP contribution in [-0.2, 0) is 0 Å². The number of rotatable bonds is 2. The number of hydrogen-bond donors (Lipinski definition) is 2. The second-order valence-electron chi connectivity index (χ2n) is 5.11. The normalized spacial score (nSPS) is 16.6. The molecule has 2 rings (SSSR count). The van der Waals surface area contributed by atoms with E-state index in [0.29, 0.717) is 5.56 Å². The Hall–Kier alpha value is -1.71. The third kappa shape index (κ3) is 3.40. The number of nitrogen functional groups attached to an aromatic ring is 1. The minimum Gasteiger partial charge on any atom is -0.397 e. The van der Waals surface area contributed by atoms with Gasteiger partial charge >= 0.3 is 0 Å². The van der Waals surface area contributed by atoms with Crippen molar-refractivity contribution < 1.29 is 4.79 Å². The average molecular weight is 261 g/mol. The minimum atomic E-state index is -0.0618. The molecule has 3 N–H and O–H groups in total. The van der Waals surface area contributed by atoms with Crippen molar-refractivity contribution in [2.24, 2.45) is 0 Å². The van der Waals surface area contributed by atoms with Gasteiger partial charge in [0, 0.05) is 25.7 Å². The van der Waals surface area contributed by atoms with E-state index in [9.17, 15) is 4.79 Å². The van der Waals surface area contributed by atoms with Crippen LogP contribution in [0.1, 0.15) is 42.5 Å². The van der Waals surface area contributed by atoms with Crippen LogP contribution in [0.2, 0.25) is 0 Å². The van der Waals surface area contributed by atoms with Gasteiger partial charge in [0.25, 0.3) is 5.91 Å². The smallest absolute Gasteiger partial charge is 0.251 e. The molecule has 0 bridgehead atoms. The van der Waals surface area contributed by atoms with Crippen molar-refractivity contribution in [3.63, 3.8) is 0 Å². The van der Waals surface area contributed by atoms with E-state index in [1.54, 1.807) is 13.1 Å². The molecule has 0 aliphatic carbocycles. The molecule has 0 unspecified atom stereocenters. The van der Waals surface area contributed by atoms with Crippen molar-refractivity contribution in [1.82, 2.24) is 5.32 Å². The lowest BCUT2D eigenvalue weighted by atomic mass is 10.1. The molecule has 1 fully saturated rings. The summed E-state index contributed by atoms with van der Waals surface area (Å²) in [5, 5.41) is 2.65. The Bertz CT molecular complexity index is 437. The first kappa shape index (κ1) is 13.7. The molecule has 1 aromatic rings. The molecule has 4 heteroatoms.